The number of carbonyl (C=O) groups is 1. The van der Waals surface area contributed by atoms with Gasteiger partial charge in [0.2, 0.25) is 5.43 Å². The minimum Gasteiger partial charge on any atom is -0.482 e. The SMILES string of the molecule is C[B]C.O=C1c2c(OCc3ccccc3)c(=O)ccn2NC2COCCN12. The molecule has 27 heavy (non-hydrogen) atoms. The van der Waals surface area contributed by atoms with E-state index in [4.69, 9.17) is 9.47 Å². The Morgan fingerprint density at radius 1 is 1.22 bits per heavy atom. The van der Waals surface area contributed by atoms with E-state index in [0.29, 0.717) is 19.8 Å². The molecule has 1 fully saturated rings. The molecular formula is C19H23BN3O4. The van der Waals surface area contributed by atoms with E-state index in [-0.39, 0.29) is 35.6 Å². The molecule has 1 atom stereocenters. The van der Waals surface area contributed by atoms with E-state index in [9.17, 15) is 9.59 Å². The molecule has 1 radical (unpaired) electrons. The van der Waals surface area contributed by atoms with Gasteiger partial charge in [-0.05, 0) is 5.56 Å². The summed E-state index contributed by atoms with van der Waals surface area (Å²) in [6.07, 6.45) is 1.32. The van der Waals surface area contributed by atoms with Crippen molar-refractivity contribution < 1.29 is 14.3 Å². The highest BCUT2D eigenvalue weighted by molar-refractivity contribution is 6.31. The van der Waals surface area contributed by atoms with Gasteiger partial charge in [-0.15, -0.1) is 0 Å². The molecule has 2 aliphatic heterocycles. The van der Waals surface area contributed by atoms with Gasteiger partial charge in [-0.25, -0.2) is 0 Å². The van der Waals surface area contributed by atoms with Crippen LogP contribution in [-0.4, -0.2) is 48.7 Å². The molecule has 8 heteroatoms. The molecule has 4 rings (SSSR count). The van der Waals surface area contributed by atoms with E-state index in [1.165, 1.54) is 6.07 Å². The smallest absolute Gasteiger partial charge is 0.278 e. The number of pyridine rings is 1. The summed E-state index contributed by atoms with van der Waals surface area (Å²) in [6.45, 7) is 5.61. The minimum atomic E-state index is -0.306. The van der Waals surface area contributed by atoms with Gasteiger partial charge < -0.3 is 19.8 Å². The Kier molecular flexibility index (Phi) is 6.18. The standard InChI is InChI=1S/C17H17N3O4.C2H6B/c21-13-6-7-20-15(16(13)24-10-12-4-2-1-3-5-12)17(22)19-8-9-23-11-14(19)18-20;1-3-2/h1-7,14,18H,8-11H2;1-2H3. The Balaban J connectivity index is 0.000000659. The monoisotopic (exact) mass is 368 g/mol. The Labute approximate surface area is 159 Å². The maximum atomic E-state index is 12.8. The number of hydrogen-bond donors (Lipinski definition) is 1. The van der Waals surface area contributed by atoms with E-state index in [1.807, 2.05) is 51.3 Å². The van der Waals surface area contributed by atoms with Crippen LogP contribution in [0.5, 0.6) is 5.75 Å². The molecule has 1 N–H and O–H groups in total. The molecule has 1 unspecified atom stereocenters. The molecule has 1 aromatic carbocycles. The summed E-state index contributed by atoms with van der Waals surface area (Å²) in [5, 5.41) is 0. The molecule has 1 amide bonds. The molecule has 0 spiro atoms. The molecule has 0 aliphatic carbocycles. The Bertz CT molecular complexity index is 841. The number of hydrogen-bond acceptors (Lipinski definition) is 5. The number of morpholine rings is 1. The highest BCUT2D eigenvalue weighted by Gasteiger charge is 2.36. The van der Waals surface area contributed by atoms with Crippen molar-refractivity contribution in [3.8, 4) is 5.75 Å². The number of amides is 1. The number of fused-ring (bicyclic) bond motifs is 2. The fraction of sp³-hybridized carbons (Fsp3) is 0.368. The van der Waals surface area contributed by atoms with Crippen molar-refractivity contribution in [1.29, 1.82) is 0 Å². The zero-order chi connectivity index (χ0) is 19.2. The second-order valence-corrected chi connectivity index (χ2v) is 6.30. The summed E-state index contributed by atoms with van der Waals surface area (Å²) < 4.78 is 12.7. The van der Waals surface area contributed by atoms with Gasteiger partial charge in [0.1, 0.15) is 20.1 Å². The summed E-state index contributed by atoms with van der Waals surface area (Å²) in [5.41, 5.74) is 4.03. The lowest BCUT2D eigenvalue weighted by Crippen LogP contribution is -2.59. The lowest BCUT2D eigenvalue weighted by molar-refractivity contribution is -0.00326. The van der Waals surface area contributed by atoms with E-state index in [0.717, 1.165) is 5.56 Å². The lowest BCUT2D eigenvalue weighted by Gasteiger charge is -2.41. The van der Waals surface area contributed by atoms with Crippen LogP contribution < -0.4 is 15.6 Å². The van der Waals surface area contributed by atoms with Gasteiger partial charge in [-0.1, -0.05) is 44.0 Å². The van der Waals surface area contributed by atoms with Crippen molar-refractivity contribution in [3.05, 3.63) is 64.1 Å². The van der Waals surface area contributed by atoms with Crippen LogP contribution >= 0.6 is 0 Å². The van der Waals surface area contributed by atoms with Crippen molar-refractivity contribution in [3.63, 3.8) is 0 Å². The molecule has 1 saturated heterocycles. The Morgan fingerprint density at radius 2 is 1.96 bits per heavy atom. The molecule has 0 saturated carbocycles. The van der Waals surface area contributed by atoms with Crippen LogP contribution in [0, 0.1) is 0 Å². The average molecular weight is 368 g/mol. The number of rotatable bonds is 3. The summed E-state index contributed by atoms with van der Waals surface area (Å²) in [5.74, 6) is -0.147. The molecule has 7 nitrogen and oxygen atoms in total. The summed E-state index contributed by atoms with van der Waals surface area (Å²) in [6, 6.07) is 10.9. The third-order valence-electron chi connectivity index (χ3n) is 4.16. The Hall–Kier alpha value is -2.74. The second-order valence-electron chi connectivity index (χ2n) is 6.30. The van der Waals surface area contributed by atoms with Gasteiger partial charge >= 0.3 is 0 Å². The maximum Gasteiger partial charge on any atom is 0.278 e. The average Bonchev–Trinajstić information content (AvgIpc) is 2.69. The molecule has 1 aromatic heterocycles. The van der Waals surface area contributed by atoms with Gasteiger partial charge in [0, 0.05) is 18.8 Å². The summed E-state index contributed by atoms with van der Waals surface area (Å²) in [7, 11) is 2.00. The third-order valence-corrected chi connectivity index (χ3v) is 4.16. The molecule has 141 valence electrons. The first-order valence-corrected chi connectivity index (χ1v) is 8.97. The Morgan fingerprint density at radius 3 is 2.70 bits per heavy atom. The van der Waals surface area contributed by atoms with Gasteiger partial charge in [0.15, 0.2) is 11.4 Å². The van der Waals surface area contributed by atoms with Crippen molar-refractivity contribution in [1.82, 2.24) is 9.58 Å². The normalized spacial score (nSPS) is 17.6. The van der Waals surface area contributed by atoms with Gasteiger partial charge in [0.25, 0.3) is 5.91 Å². The summed E-state index contributed by atoms with van der Waals surface area (Å²) in [4.78, 5) is 26.8. The first-order chi connectivity index (χ1) is 13.2. The molecule has 2 aromatic rings. The number of aromatic nitrogens is 1. The van der Waals surface area contributed by atoms with Crippen molar-refractivity contribution in [2.45, 2.75) is 26.4 Å². The first kappa shape index (κ1) is 19.0. The van der Waals surface area contributed by atoms with E-state index >= 15 is 0 Å². The number of carbonyl (C=O) groups excluding carboxylic acids is 1. The second kappa shape index (κ2) is 8.77. The number of nitrogens with one attached hydrogen (secondary N) is 1. The van der Waals surface area contributed by atoms with Crippen LogP contribution in [0.3, 0.4) is 0 Å². The predicted octanol–water partition coefficient (Wildman–Crippen LogP) is 1.57. The largest absolute Gasteiger partial charge is 0.482 e. The van der Waals surface area contributed by atoms with Crippen LogP contribution in [0.1, 0.15) is 16.1 Å². The lowest BCUT2D eigenvalue weighted by atomic mass is 9.88. The van der Waals surface area contributed by atoms with E-state index in [2.05, 4.69) is 5.43 Å². The zero-order valence-electron chi connectivity index (χ0n) is 15.6. The number of benzene rings is 1. The summed E-state index contributed by atoms with van der Waals surface area (Å²) >= 11 is 0. The quantitative estimate of drug-likeness (QED) is 0.833. The van der Waals surface area contributed by atoms with Gasteiger partial charge in [-0.2, -0.15) is 0 Å². The molecular weight excluding hydrogens is 345 g/mol. The van der Waals surface area contributed by atoms with Crippen LogP contribution in [0.4, 0.5) is 0 Å². The van der Waals surface area contributed by atoms with Crippen molar-refractivity contribution >= 4 is 13.2 Å². The fourth-order valence-corrected chi connectivity index (χ4v) is 2.95. The highest BCUT2D eigenvalue weighted by Crippen LogP contribution is 2.23. The molecule has 0 bridgehead atoms. The number of nitrogens with zero attached hydrogens (tertiary/aromatic N) is 2. The van der Waals surface area contributed by atoms with E-state index < -0.39 is 0 Å². The van der Waals surface area contributed by atoms with Crippen molar-refractivity contribution in [2.24, 2.45) is 0 Å². The molecule has 3 heterocycles. The zero-order valence-corrected chi connectivity index (χ0v) is 15.6. The molecule has 2 aliphatic rings. The predicted molar refractivity (Wildman–Crippen MR) is 104 cm³/mol. The van der Waals surface area contributed by atoms with E-state index in [1.54, 1.807) is 15.8 Å². The van der Waals surface area contributed by atoms with Crippen LogP contribution in [-0.2, 0) is 11.3 Å². The third kappa shape index (κ3) is 4.16. The first-order valence-electron chi connectivity index (χ1n) is 8.97. The topological polar surface area (TPSA) is 72.8 Å². The van der Waals surface area contributed by atoms with Gasteiger partial charge in [-0.3, -0.25) is 14.3 Å². The van der Waals surface area contributed by atoms with Crippen LogP contribution in [0.25, 0.3) is 0 Å². The van der Waals surface area contributed by atoms with Gasteiger partial charge in [0.05, 0.1) is 13.2 Å². The highest BCUT2D eigenvalue weighted by atomic mass is 16.5. The fourth-order valence-electron chi connectivity index (χ4n) is 2.95. The van der Waals surface area contributed by atoms with Crippen LogP contribution in [0.2, 0.25) is 13.6 Å². The van der Waals surface area contributed by atoms with Crippen molar-refractivity contribution in [2.75, 3.05) is 25.2 Å². The number of ether oxygens (including phenoxy) is 2. The maximum absolute atomic E-state index is 12.8. The minimum absolute atomic E-state index is 0.0730. The van der Waals surface area contributed by atoms with Crippen LogP contribution in [0.15, 0.2) is 47.4 Å².